The Labute approximate surface area is 244 Å². The highest BCUT2D eigenvalue weighted by atomic mass is 35.5. The van der Waals surface area contributed by atoms with Gasteiger partial charge in [0.1, 0.15) is 0 Å². The first-order valence-corrected chi connectivity index (χ1v) is 15.0. The number of nitrogens with zero attached hydrogens (tertiary/aromatic N) is 1. The summed E-state index contributed by atoms with van der Waals surface area (Å²) in [5.41, 5.74) is 12.5. The third kappa shape index (κ3) is 23.7. The third-order valence-electron chi connectivity index (χ3n) is 5.71. The zero-order chi connectivity index (χ0) is 24.7. The molecule has 0 spiro atoms. The van der Waals surface area contributed by atoms with Gasteiger partial charge in [-0.05, 0) is 51.0 Å². The van der Waals surface area contributed by atoms with E-state index in [0.29, 0.717) is 45.6 Å². The van der Waals surface area contributed by atoms with Crippen LogP contribution in [-0.2, 0) is 25.0 Å². The zero-order valence-electron chi connectivity index (χ0n) is 22.7. The van der Waals surface area contributed by atoms with E-state index >= 15 is 0 Å². The smallest absolute Gasteiger partial charge is 0.332 e. The van der Waals surface area contributed by atoms with Gasteiger partial charge in [-0.3, -0.25) is 4.57 Å². The Balaban J connectivity index is -0.00000385. The van der Waals surface area contributed by atoms with Crippen LogP contribution >= 0.6 is 44.8 Å². The van der Waals surface area contributed by atoms with Gasteiger partial charge in [0.05, 0.1) is 32.6 Å². The maximum atomic E-state index is 13.5. The average molecular weight is 609 g/mol. The molecule has 37 heavy (non-hydrogen) atoms. The predicted octanol–water partition coefficient (Wildman–Crippen LogP) is 6.45. The Bertz CT molecular complexity index is 628. The van der Waals surface area contributed by atoms with Crippen molar-refractivity contribution >= 4 is 44.8 Å². The van der Waals surface area contributed by atoms with Crippen molar-refractivity contribution in [3.05, 3.63) is 35.9 Å². The maximum Gasteiger partial charge on any atom is 0.332 e. The fraction of sp³-hybridized carbons (Fsp3) is 0.769. The standard InChI is InChI=1S/C26H50N3O4P.3ClH/c1-2-3-4-5-6-7-11-21-32-34(30,24-20-29(18-12-16-27)19-13-17-28)33-23-22-31-25-26-14-9-8-10-15-26;;;/h8-10,14-15H,2-7,11-13,16-25,27-28H2,1H3;3*1H. The van der Waals surface area contributed by atoms with Crippen molar-refractivity contribution < 1.29 is 18.3 Å². The Morgan fingerprint density at radius 2 is 1.30 bits per heavy atom. The first kappa shape index (κ1) is 41.6. The van der Waals surface area contributed by atoms with Crippen molar-refractivity contribution in [3.63, 3.8) is 0 Å². The largest absolute Gasteiger partial charge is 0.374 e. The average Bonchev–Trinajstić information content (AvgIpc) is 2.86. The normalized spacial score (nSPS) is 12.3. The first-order chi connectivity index (χ1) is 16.6. The molecule has 0 aromatic heterocycles. The Morgan fingerprint density at radius 3 is 1.89 bits per heavy atom. The fourth-order valence-corrected chi connectivity index (χ4v) is 5.28. The Hall–Kier alpha value is 0.0800. The maximum absolute atomic E-state index is 13.5. The quantitative estimate of drug-likeness (QED) is 0.103. The van der Waals surface area contributed by atoms with Gasteiger partial charge in [-0.25, -0.2) is 0 Å². The van der Waals surface area contributed by atoms with Crippen LogP contribution in [-0.4, -0.2) is 63.6 Å². The third-order valence-corrected chi connectivity index (χ3v) is 7.61. The second kappa shape index (κ2) is 29.1. The van der Waals surface area contributed by atoms with E-state index in [1.807, 2.05) is 30.3 Å². The van der Waals surface area contributed by atoms with E-state index in [1.165, 1.54) is 32.1 Å². The molecule has 0 radical (unpaired) electrons. The molecule has 1 aromatic rings. The van der Waals surface area contributed by atoms with Crippen LogP contribution in [0.2, 0.25) is 0 Å². The van der Waals surface area contributed by atoms with Crippen LogP contribution in [0.1, 0.15) is 70.3 Å². The highest BCUT2D eigenvalue weighted by Crippen LogP contribution is 2.48. The van der Waals surface area contributed by atoms with Gasteiger partial charge >= 0.3 is 7.60 Å². The molecule has 1 unspecified atom stereocenters. The van der Waals surface area contributed by atoms with E-state index in [1.54, 1.807) is 0 Å². The number of nitrogens with two attached hydrogens (primary N) is 2. The lowest BCUT2D eigenvalue weighted by Gasteiger charge is -2.25. The highest BCUT2D eigenvalue weighted by Gasteiger charge is 2.25. The summed E-state index contributed by atoms with van der Waals surface area (Å²) >= 11 is 0. The molecule has 1 atom stereocenters. The minimum Gasteiger partial charge on any atom is -0.374 e. The molecule has 11 heteroatoms. The van der Waals surface area contributed by atoms with E-state index in [4.69, 9.17) is 25.3 Å². The van der Waals surface area contributed by atoms with Gasteiger partial charge in [-0.2, -0.15) is 0 Å². The Kier molecular flexibility index (Phi) is 32.7. The van der Waals surface area contributed by atoms with Crippen LogP contribution in [0.5, 0.6) is 0 Å². The molecule has 1 aromatic carbocycles. The first-order valence-electron chi connectivity index (χ1n) is 13.3. The molecule has 0 aliphatic carbocycles. The molecule has 0 fully saturated rings. The summed E-state index contributed by atoms with van der Waals surface area (Å²) in [6.07, 6.45) is 10.5. The van der Waals surface area contributed by atoms with Gasteiger partial charge in [0.15, 0.2) is 0 Å². The highest BCUT2D eigenvalue weighted by molar-refractivity contribution is 7.53. The summed E-state index contributed by atoms with van der Waals surface area (Å²) in [5.74, 6) is 0. The molecule has 7 nitrogen and oxygen atoms in total. The van der Waals surface area contributed by atoms with Gasteiger partial charge < -0.3 is 30.2 Å². The summed E-state index contributed by atoms with van der Waals surface area (Å²) in [5, 5.41) is 0. The second-order valence-electron chi connectivity index (χ2n) is 8.79. The van der Waals surface area contributed by atoms with E-state index in [0.717, 1.165) is 44.3 Å². The van der Waals surface area contributed by atoms with Gasteiger partial charge in [-0.15, -0.1) is 37.2 Å². The van der Waals surface area contributed by atoms with Crippen molar-refractivity contribution in [1.82, 2.24) is 4.90 Å². The topological polar surface area (TPSA) is 100 Å². The summed E-state index contributed by atoms with van der Waals surface area (Å²) in [6.45, 7) is 7.52. The second-order valence-corrected chi connectivity index (χ2v) is 11.0. The lowest BCUT2D eigenvalue weighted by molar-refractivity contribution is 0.0800. The van der Waals surface area contributed by atoms with Crippen LogP contribution in [0.25, 0.3) is 0 Å². The van der Waals surface area contributed by atoms with E-state index in [9.17, 15) is 4.57 Å². The number of halogens is 3. The van der Waals surface area contributed by atoms with Gasteiger partial charge in [0.2, 0.25) is 0 Å². The summed E-state index contributed by atoms with van der Waals surface area (Å²) in [6, 6.07) is 10.0. The van der Waals surface area contributed by atoms with Gasteiger partial charge in [-0.1, -0.05) is 75.8 Å². The molecule has 222 valence electrons. The molecule has 0 aliphatic heterocycles. The lowest BCUT2D eigenvalue weighted by Crippen LogP contribution is -2.31. The van der Waals surface area contributed by atoms with E-state index in [-0.39, 0.29) is 43.8 Å². The number of rotatable bonds is 24. The number of hydrogen-bond donors (Lipinski definition) is 2. The summed E-state index contributed by atoms with van der Waals surface area (Å²) in [7, 11) is -3.20. The SMILES string of the molecule is CCCCCCCCCOP(=O)(CCN(CCCN)CCCN)OCCOCc1ccccc1.Cl.Cl.Cl. The number of unbranched alkanes of at least 4 members (excludes halogenated alkanes) is 6. The predicted molar refractivity (Wildman–Crippen MR) is 164 cm³/mol. The van der Waals surface area contributed by atoms with Crippen LogP contribution < -0.4 is 11.5 Å². The van der Waals surface area contributed by atoms with E-state index < -0.39 is 7.60 Å². The summed E-state index contributed by atoms with van der Waals surface area (Å²) < 4.78 is 30.9. The zero-order valence-corrected chi connectivity index (χ0v) is 26.1. The lowest BCUT2D eigenvalue weighted by atomic mass is 10.1. The van der Waals surface area contributed by atoms with Crippen LogP contribution in [0.3, 0.4) is 0 Å². The molecule has 0 amide bonds. The molecular weight excluding hydrogens is 556 g/mol. The van der Waals surface area contributed by atoms with Crippen molar-refractivity contribution in [2.75, 3.05) is 58.7 Å². The summed E-state index contributed by atoms with van der Waals surface area (Å²) in [4.78, 5) is 2.26. The number of hydrogen-bond acceptors (Lipinski definition) is 7. The van der Waals surface area contributed by atoms with Crippen molar-refractivity contribution in [2.24, 2.45) is 11.5 Å². The van der Waals surface area contributed by atoms with Crippen LogP contribution in [0, 0.1) is 0 Å². The number of ether oxygens (including phenoxy) is 1. The van der Waals surface area contributed by atoms with Crippen molar-refractivity contribution in [2.45, 2.75) is 71.3 Å². The molecule has 0 saturated heterocycles. The molecule has 0 aliphatic rings. The number of benzene rings is 1. The molecule has 4 N–H and O–H groups in total. The molecule has 0 bridgehead atoms. The minimum absolute atomic E-state index is 0. The van der Waals surface area contributed by atoms with Gasteiger partial charge in [0.25, 0.3) is 0 Å². The molecule has 0 saturated carbocycles. The molecule has 0 heterocycles. The Morgan fingerprint density at radius 1 is 0.730 bits per heavy atom. The van der Waals surface area contributed by atoms with E-state index in [2.05, 4.69) is 11.8 Å². The monoisotopic (exact) mass is 607 g/mol. The van der Waals surface area contributed by atoms with Crippen LogP contribution in [0.15, 0.2) is 30.3 Å². The molecule has 1 rings (SSSR count). The van der Waals surface area contributed by atoms with Crippen molar-refractivity contribution in [1.29, 1.82) is 0 Å². The molecular formula is C26H53Cl3N3O4P. The fourth-order valence-electron chi connectivity index (χ4n) is 3.66. The van der Waals surface area contributed by atoms with Crippen molar-refractivity contribution in [3.8, 4) is 0 Å². The van der Waals surface area contributed by atoms with Crippen LogP contribution in [0.4, 0.5) is 0 Å². The van der Waals surface area contributed by atoms with Gasteiger partial charge in [0, 0.05) is 6.54 Å². The minimum atomic E-state index is -3.20.